The van der Waals surface area contributed by atoms with E-state index in [1.807, 2.05) is 6.92 Å². The lowest BCUT2D eigenvalue weighted by molar-refractivity contribution is 0.0730. The molecule has 0 bridgehead atoms. The van der Waals surface area contributed by atoms with Crippen molar-refractivity contribution in [1.29, 1.82) is 0 Å². The summed E-state index contributed by atoms with van der Waals surface area (Å²) in [4.78, 5) is 23.7. The largest absolute Gasteiger partial charge is 0.423 e. The predicted molar refractivity (Wildman–Crippen MR) is 81.7 cm³/mol. The maximum atomic E-state index is 13.5. The van der Waals surface area contributed by atoms with Crippen molar-refractivity contribution in [3.63, 3.8) is 0 Å². The van der Waals surface area contributed by atoms with Gasteiger partial charge in [0.05, 0.1) is 5.56 Å². The summed E-state index contributed by atoms with van der Waals surface area (Å²) < 4.78 is 18.6. The van der Waals surface area contributed by atoms with Gasteiger partial charge in [-0.15, -0.1) is 0 Å². The third-order valence-corrected chi connectivity index (χ3v) is 3.24. The van der Waals surface area contributed by atoms with Gasteiger partial charge in [-0.1, -0.05) is 25.5 Å². The summed E-state index contributed by atoms with van der Waals surface area (Å²) in [5, 5.41) is 0. The van der Waals surface area contributed by atoms with Crippen molar-refractivity contribution in [3.05, 3.63) is 65.5 Å². The summed E-state index contributed by atoms with van der Waals surface area (Å²) in [6, 6.07) is 11.9. The smallest absolute Gasteiger partial charge is 0.346 e. The first kappa shape index (κ1) is 15.9. The molecule has 0 heterocycles. The maximum absolute atomic E-state index is 13.5. The van der Waals surface area contributed by atoms with E-state index in [1.54, 1.807) is 18.2 Å². The Morgan fingerprint density at radius 1 is 1.05 bits per heavy atom. The number of Topliss-reactive ketones (excluding diaryl/α,β-unsaturated/α-hetero) is 1. The Hall–Kier alpha value is -2.49. The van der Waals surface area contributed by atoms with Gasteiger partial charge in [-0.05, 0) is 42.8 Å². The second kappa shape index (κ2) is 7.50. The molecule has 114 valence electrons. The molecule has 2 rings (SSSR count). The van der Waals surface area contributed by atoms with Gasteiger partial charge < -0.3 is 4.74 Å². The Morgan fingerprint density at radius 3 is 2.36 bits per heavy atom. The first-order chi connectivity index (χ1) is 10.6. The number of benzene rings is 2. The number of ketones is 1. The van der Waals surface area contributed by atoms with Crippen LogP contribution in [0.25, 0.3) is 0 Å². The first-order valence-corrected chi connectivity index (χ1v) is 7.21. The lowest BCUT2D eigenvalue weighted by atomic mass is 10.1. The number of unbranched alkanes of at least 4 members (excludes halogenated alkanes) is 1. The number of hydrogen-bond donors (Lipinski definition) is 0. The minimum absolute atomic E-state index is 0.0637. The van der Waals surface area contributed by atoms with E-state index in [0.29, 0.717) is 12.0 Å². The van der Waals surface area contributed by atoms with Crippen molar-refractivity contribution in [1.82, 2.24) is 0 Å². The summed E-state index contributed by atoms with van der Waals surface area (Å²) in [6.45, 7) is 2.03. The van der Waals surface area contributed by atoms with Crippen molar-refractivity contribution in [2.75, 3.05) is 0 Å². The van der Waals surface area contributed by atoms with Crippen LogP contribution >= 0.6 is 0 Å². The standard InChI is InChI=1S/C18H17FO3/c1-2-3-8-17(20)13-9-11-14(12-10-13)22-18(21)15-6-4-5-7-16(15)19/h4-7,9-12H,2-3,8H2,1H3. The molecule has 0 amide bonds. The van der Waals surface area contributed by atoms with E-state index in [2.05, 4.69) is 0 Å². The zero-order valence-electron chi connectivity index (χ0n) is 12.3. The van der Waals surface area contributed by atoms with E-state index < -0.39 is 11.8 Å². The fraction of sp³-hybridized carbons (Fsp3) is 0.222. The molecule has 3 nitrogen and oxygen atoms in total. The van der Waals surface area contributed by atoms with Crippen LogP contribution in [0.1, 0.15) is 46.9 Å². The Bertz CT molecular complexity index is 662. The summed E-state index contributed by atoms with van der Waals surface area (Å²) in [6.07, 6.45) is 2.32. The van der Waals surface area contributed by atoms with Gasteiger partial charge in [-0.3, -0.25) is 4.79 Å². The van der Waals surface area contributed by atoms with E-state index >= 15 is 0 Å². The van der Waals surface area contributed by atoms with Crippen LogP contribution in [-0.4, -0.2) is 11.8 Å². The molecule has 2 aromatic rings. The van der Waals surface area contributed by atoms with Crippen LogP contribution in [0.5, 0.6) is 5.75 Å². The summed E-state index contributed by atoms with van der Waals surface area (Å²) in [5.41, 5.74) is 0.463. The molecule has 2 aromatic carbocycles. The van der Waals surface area contributed by atoms with Crippen LogP contribution in [0.3, 0.4) is 0 Å². The molecule has 4 heteroatoms. The van der Waals surface area contributed by atoms with Gasteiger partial charge in [0.15, 0.2) is 5.78 Å². The topological polar surface area (TPSA) is 43.4 Å². The van der Waals surface area contributed by atoms with E-state index in [-0.39, 0.29) is 17.1 Å². The zero-order chi connectivity index (χ0) is 15.9. The monoisotopic (exact) mass is 300 g/mol. The van der Waals surface area contributed by atoms with Crippen molar-refractivity contribution in [2.45, 2.75) is 26.2 Å². The molecule has 0 aliphatic heterocycles. The molecule has 0 atom stereocenters. The van der Waals surface area contributed by atoms with Crippen molar-refractivity contribution < 1.29 is 18.7 Å². The van der Waals surface area contributed by atoms with E-state index in [0.717, 1.165) is 12.8 Å². The molecule has 0 fully saturated rings. The van der Waals surface area contributed by atoms with Gasteiger partial charge in [0.25, 0.3) is 0 Å². The van der Waals surface area contributed by atoms with Crippen LogP contribution in [0, 0.1) is 5.82 Å². The van der Waals surface area contributed by atoms with Gasteiger partial charge in [0.2, 0.25) is 0 Å². The number of carbonyl (C=O) groups is 2. The third-order valence-electron chi connectivity index (χ3n) is 3.24. The summed E-state index contributed by atoms with van der Waals surface area (Å²) >= 11 is 0. The Kier molecular flexibility index (Phi) is 5.42. The van der Waals surface area contributed by atoms with Gasteiger partial charge >= 0.3 is 5.97 Å². The molecule has 0 radical (unpaired) electrons. The molecular weight excluding hydrogens is 283 g/mol. The Morgan fingerprint density at radius 2 is 1.73 bits per heavy atom. The normalized spacial score (nSPS) is 10.3. The molecule has 0 aliphatic carbocycles. The van der Waals surface area contributed by atoms with Crippen molar-refractivity contribution in [3.8, 4) is 5.75 Å². The minimum Gasteiger partial charge on any atom is -0.423 e. The molecule has 0 saturated heterocycles. The molecule has 0 aromatic heterocycles. The highest BCUT2D eigenvalue weighted by Crippen LogP contribution is 2.17. The highest BCUT2D eigenvalue weighted by Gasteiger charge is 2.13. The van der Waals surface area contributed by atoms with Crippen LogP contribution in [0.2, 0.25) is 0 Å². The lowest BCUT2D eigenvalue weighted by Gasteiger charge is -2.06. The molecule has 0 saturated carbocycles. The predicted octanol–water partition coefficient (Wildman–Crippen LogP) is 4.42. The second-order valence-electron chi connectivity index (χ2n) is 4.92. The minimum atomic E-state index is -0.761. The fourth-order valence-corrected chi connectivity index (χ4v) is 1.98. The first-order valence-electron chi connectivity index (χ1n) is 7.21. The maximum Gasteiger partial charge on any atom is 0.346 e. The Balaban J connectivity index is 2.04. The molecular formula is C18H17FO3. The number of carbonyl (C=O) groups excluding carboxylic acids is 2. The van der Waals surface area contributed by atoms with E-state index in [4.69, 9.17) is 4.74 Å². The quantitative estimate of drug-likeness (QED) is 0.450. The number of esters is 1. The molecule has 0 aliphatic rings. The van der Waals surface area contributed by atoms with Gasteiger partial charge in [-0.2, -0.15) is 0 Å². The number of halogens is 1. The molecule has 0 unspecified atom stereocenters. The lowest BCUT2D eigenvalue weighted by Crippen LogP contribution is -2.10. The van der Waals surface area contributed by atoms with E-state index in [1.165, 1.54) is 30.3 Å². The van der Waals surface area contributed by atoms with Crippen LogP contribution in [-0.2, 0) is 0 Å². The summed E-state index contributed by atoms with van der Waals surface area (Å²) in [7, 11) is 0. The van der Waals surface area contributed by atoms with Crippen LogP contribution in [0.15, 0.2) is 48.5 Å². The van der Waals surface area contributed by atoms with Crippen LogP contribution < -0.4 is 4.74 Å². The average molecular weight is 300 g/mol. The average Bonchev–Trinajstić information content (AvgIpc) is 2.53. The number of ether oxygens (including phenoxy) is 1. The third kappa shape index (κ3) is 4.01. The van der Waals surface area contributed by atoms with Crippen molar-refractivity contribution >= 4 is 11.8 Å². The molecule has 22 heavy (non-hydrogen) atoms. The number of hydrogen-bond acceptors (Lipinski definition) is 3. The van der Waals surface area contributed by atoms with Gasteiger partial charge in [-0.25, -0.2) is 9.18 Å². The van der Waals surface area contributed by atoms with Crippen molar-refractivity contribution in [2.24, 2.45) is 0 Å². The Labute approximate surface area is 128 Å². The fourth-order valence-electron chi connectivity index (χ4n) is 1.98. The SMILES string of the molecule is CCCCC(=O)c1ccc(OC(=O)c2ccccc2F)cc1. The highest BCUT2D eigenvalue weighted by molar-refractivity contribution is 5.96. The summed E-state index contributed by atoms with van der Waals surface area (Å²) in [5.74, 6) is -1.05. The van der Waals surface area contributed by atoms with Gasteiger partial charge in [0.1, 0.15) is 11.6 Å². The van der Waals surface area contributed by atoms with E-state index in [9.17, 15) is 14.0 Å². The zero-order valence-corrected chi connectivity index (χ0v) is 12.3. The molecule has 0 N–H and O–H groups in total. The highest BCUT2D eigenvalue weighted by atomic mass is 19.1. The van der Waals surface area contributed by atoms with Gasteiger partial charge in [0, 0.05) is 12.0 Å². The molecule has 0 spiro atoms. The number of rotatable bonds is 6. The second-order valence-corrected chi connectivity index (χ2v) is 4.92. The van der Waals surface area contributed by atoms with Crippen LogP contribution in [0.4, 0.5) is 4.39 Å².